The van der Waals surface area contributed by atoms with Crippen molar-refractivity contribution >= 4 is 5.78 Å². The summed E-state index contributed by atoms with van der Waals surface area (Å²) in [6, 6.07) is 10.2. The van der Waals surface area contributed by atoms with Gasteiger partial charge in [0.05, 0.1) is 12.7 Å². The molecule has 0 N–H and O–H groups in total. The van der Waals surface area contributed by atoms with Crippen molar-refractivity contribution in [2.24, 2.45) is 0 Å². The smallest absolute Gasteiger partial charge is 0.137 e. The SMILES string of the molecule is O=C1CCO[C@H](Cc2ccccc2)C1. The van der Waals surface area contributed by atoms with Crippen molar-refractivity contribution in [1.82, 2.24) is 0 Å². The fourth-order valence-electron chi connectivity index (χ4n) is 1.76. The van der Waals surface area contributed by atoms with Gasteiger partial charge in [-0.05, 0) is 12.0 Å². The van der Waals surface area contributed by atoms with Crippen LogP contribution in [0.2, 0.25) is 0 Å². The van der Waals surface area contributed by atoms with Crippen LogP contribution in [0.15, 0.2) is 30.3 Å². The predicted octanol–water partition coefficient (Wildman–Crippen LogP) is 1.98. The normalized spacial score (nSPS) is 22.3. The van der Waals surface area contributed by atoms with E-state index < -0.39 is 0 Å². The van der Waals surface area contributed by atoms with Crippen LogP contribution >= 0.6 is 0 Å². The van der Waals surface area contributed by atoms with E-state index in [2.05, 4.69) is 12.1 Å². The molecule has 0 radical (unpaired) electrons. The summed E-state index contributed by atoms with van der Waals surface area (Å²) >= 11 is 0. The Labute approximate surface area is 83.9 Å². The van der Waals surface area contributed by atoms with Crippen LogP contribution in [0.3, 0.4) is 0 Å². The lowest BCUT2D eigenvalue weighted by Crippen LogP contribution is -2.27. The lowest BCUT2D eigenvalue weighted by atomic mass is 10.0. The molecule has 0 bridgehead atoms. The first-order chi connectivity index (χ1) is 6.84. The van der Waals surface area contributed by atoms with Crippen molar-refractivity contribution in [2.45, 2.75) is 25.4 Å². The Bertz CT molecular complexity index is 305. The van der Waals surface area contributed by atoms with Gasteiger partial charge in [0, 0.05) is 12.8 Å². The highest BCUT2D eigenvalue weighted by Crippen LogP contribution is 2.14. The molecule has 0 aromatic heterocycles. The van der Waals surface area contributed by atoms with Crippen molar-refractivity contribution in [3.05, 3.63) is 35.9 Å². The number of carbonyl (C=O) groups is 1. The van der Waals surface area contributed by atoms with E-state index in [9.17, 15) is 4.79 Å². The van der Waals surface area contributed by atoms with Gasteiger partial charge in [0.25, 0.3) is 0 Å². The van der Waals surface area contributed by atoms with Crippen molar-refractivity contribution in [3.63, 3.8) is 0 Å². The van der Waals surface area contributed by atoms with Gasteiger partial charge >= 0.3 is 0 Å². The second kappa shape index (κ2) is 4.38. The van der Waals surface area contributed by atoms with E-state index in [-0.39, 0.29) is 6.10 Å². The first-order valence-electron chi connectivity index (χ1n) is 5.02. The number of hydrogen-bond acceptors (Lipinski definition) is 2. The molecule has 1 aliphatic heterocycles. The van der Waals surface area contributed by atoms with Gasteiger partial charge < -0.3 is 4.74 Å². The van der Waals surface area contributed by atoms with Crippen LogP contribution in [0.25, 0.3) is 0 Å². The average molecular weight is 190 g/mol. The highest BCUT2D eigenvalue weighted by atomic mass is 16.5. The Balaban J connectivity index is 1.94. The highest BCUT2D eigenvalue weighted by molar-refractivity contribution is 5.79. The van der Waals surface area contributed by atoms with Crippen LogP contribution in [0.5, 0.6) is 0 Å². The molecule has 2 nitrogen and oxygen atoms in total. The molecule has 0 amide bonds. The molecule has 14 heavy (non-hydrogen) atoms. The lowest BCUT2D eigenvalue weighted by molar-refractivity contribution is -0.128. The molecule has 2 rings (SSSR count). The molecule has 1 aromatic carbocycles. The molecular formula is C12H14O2. The Morgan fingerprint density at radius 1 is 1.29 bits per heavy atom. The largest absolute Gasteiger partial charge is 0.377 e. The van der Waals surface area contributed by atoms with E-state index in [1.807, 2.05) is 18.2 Å². The molecule has 0 aliphatic carbocycles. The predicted molar refractivity (Wildman–Crippen MR) is 54.1 cm³/mol. The van der Waals surface area contributed by atoms with Gasteiger partial charge in [0.2, 0.25) is 0 Å². The number of Topliss-reactive ketones (excluding diaryl/α,β-unsaturated/α-hetero) is 1. The van der Waals surface area contributed by atoms with E-state index >= 15 is 0 Å². The third-order valence-corrected chi connectivity index (χ3v) is 2.50. The quantitative estimate of drug-likeness (QED) is 0.712. The van der Waals surface area contributed by atoms with E-state index in [0.717, 1.165) is 6.42 Å². The Morgan fingerprint density at radius 2 is 2.07 bits per heavy atom. The first kappa shape index (κ1) is 9.41. The topological polar surface area (TPSA) is 26.3 Å². The minimum Gasteiger partial charge on any atom is -0.377 e. The maximum absolute atomic E-state index is 11.2. The van der Waals surface area contributed by atoms with Crippen LogP contribution in [-0.2, 0) is 16.0 Å². The minimum absolute atomic E-state index is 0.0960. The van der Waals surface area contributed by atoms with E-state index in [4.69, 9.17) is 4.74 Å². The molecular weight excluding hydrogens is 176 g/mol. The molecule has 2 heteroatoms. The fourth-order valence-corrected chi connectivity index (χ4v) is 1.76. The van der Waals surface area contributed by atoms with Crippen molar-refractivity contribution < 1.29 is 9.53 Å². The van der Waals surface area contributed by atoms with E-state index in [1.165, 1.54) is 5.56 Å². The zero-order chi connectivity index (χ0) is 9.80. The van der Waals surface area contributed by atoms with E-state index in [1.54, 1.807) is 0 Å². The monoisotopic (exact) mass is 190 g/mol. The lowest BCUT2D eigenvalue weighted by Gasteiger charge is -2.21. The third kappa shape index (κ3) is 2.42. The second-order valence-corrected chi connectivity index (χ2v) is 3.68. The maximum Gasteiger partial charge on any atom is 0.137 e. The average Bonchev–Trinajstić information content (AvgIpc) is 2.19. The Morgan fingerprint density at radius 3 is 2.79 bits per heavy atom. The Hall–Kier alpha value is -1.15. The van der Waals surface area contributed by atoms with E-state index in [0.29, 0.717) is 25.2 Å². The molecule has 1 aliphatic rings. The zero-order valence-electron chi connectivity index (χ0n) is 8.11. The Kier molecular flexibility index (Phi) is 2.94. The maximum atomic E-state index is 11.2. The molecule has 74 valence electrons. The first-order valence-corrected chi connectivity index (χ1v) is 5.02. The molecule has 1 heterocycles. The minimum atomic E-state index is 0.0960. The molecule has 1 aromatic rings. The standard InChI is InChI=1S/C12H14O2/c13-11-6-7-14-12(9-11)8-10-4-2-1-3-5-10/h1-5,12H,6-9H2/t12-/m1/s1. The summed E-state index contributed by atoms with van der Waals surface area (Å²) in [5, 5.41) is 0. The summed E-state index contributed by atoms with van der Waals surface area (Å²) in [6.45, 7) is 0.594. The molecule has 0 saturated carbocycles. The van der Waals surface area contributed by atoms with Crippen LogP contribution < -0.4 is 0 Å². The van der Waals surface area contributed by atoms with Gasteiger partial charge in [-0.2, -0.15) is 0 Å². The van der Waals surface area contributed by atoms with Gasteiger partial charge in [0.15, 0.2) is 0 Å². The summed E-state index contributed by atoms with van der Waals surface area (Å²) in [4.78, 5) is 11.2. The number of benzene rings is 1. The van der Waals surface area contributed by atoms with Gasteiger partial charge in [0.1, 0.15) is 5.78 Å². The van der Waals surface area contributed by atoms with Crippen LogP contribution in [0, 0.1) is 0 Å². The number of hydrogen-bond donors (Lipinski definition) is 0. The molecule has 1 fully saturated rings. The second-order valence-electron chi connectivity index (χ2n) is 3.68. The van der Waals surface area contributed by atoms with Gasteiger partial charge in [-0.1, -0.05) is 30.3 Å². The van der Waals surface area contributed by atoms with Gasteiger partial charge in [-0.3, -0.25) is 4.79 Å². The highest BCUT2D eigenvalue weighted by Gasteiger charge is 2.19. The molecule has 1 saturated heterocycles. The van der Waals surface area contributed by atoms with Gasteiger partial charge in [-0.15, -0.1) is 0 Å². The molecule has 0 unspecified atom stereocenters. The summed E-state index contributed by atoms with van der Waals surface area (Å²) in [5.41, 5.74) is 1.24. The number of carbonyl (C=O) groups excluding carboxylic acids is 1. The van der Waals surface area contributed by atoms with Crippen molar-refractivity contribution in [2.75, 3.05) is 6.61 Å². The van der Waals surface area contributed by atoms with Crippen LogP contribution in [0.1, 0.15) is 18.4 Å². The zero-order valence-corrected chi connectivity index (χ0v) is 8.11. The summed E-state index contributed by atoms with van der Waals surface area (Å²) < 4.78 is 5.53. The van der Waals surface area contributed by atoms with Crippen LogP contribution in [-0.4, -0.2) is 18.5 Å². The van der Waals surface area contributed by atoms with Crippen molar-refractivity contribution in [3.8, 4) is 0 Å². The summed E-state index contributed by atoms with van der Waals surface area (Å²) in [6.07, 6.45) is 2.12. The van der Waals surface area contributed by atoms with Crippen LogP contribution in [0.4, 0.5) is 0 Å². The summed E-state index contributed by atoms with van der Waals surface area (Å²) in [5.74, 6) is 0.331. The third-order valence-electron chi connectivity index (χ3n) is 2.50. The van der Waals surface area contributed by atoms with Crippen molar-refractivity contribution in [1.29, 1.82) is 0 Å². The molecule has 1 atom stereocenters. The summed E-state index contributed by atoms with van der Waals surface area (Å²) in [7, 11) is 0. The molecule has 0 spiro atoms. The van der Waals surface area contributed by atoms with Gasteiger partial charge in [-0.25, -0.2) is 0 Å². The number of ketones is 1. The number of ether oxygens (including phenoxy) is 1. The fraction of sp³-hybridized carbons (Fsp3) is 0.417. The number of rotatable bonds is 2.